The van der Waals surface area contributed by atoms with Crippen molar-refractivity contribution in [3.8, 4) is 0 Å². The van der Waals surface area contributed by atoms with Crippen molar-refractivity contribution in [2.24, 2.45) is 0 Å². The van der Waals surface area contributed by atoms with Gasteiger partial charge in [-0.05, 0) is 45.6 Å². The average molecular weight is 323 g/mol. The van der Waals surface area contributed by atoms with Crippen LogP contribution in [0.5, 0.6) is 0 Å². The standard InChI is InChI=1S/C18H17N3OS/c22-18(20-12-14-8-11-23-13-14)21-17(15-4-2-1-3-5-15)16-6-9-19-10-7-16/h1-11,13,17H,12H2,(H2,20,21,22)/t17-/m0/s1. The lowest BCUT2D eigenvalue weighted by Gasteiger charge is -2.20. The lowest BCUT2D eigenvalue weighted by Crippen LogP contribution is -2.38. The van der Waals surface area contributed by atoms with E-state index < -0.39 is 0 Å². The topological polar surface area (TPSA) is 54.0 Å². The maximum absolute atomic E-state index is 12.3. The number of benzene rings is 1. The molecular weight excluding hydrogens is 306 g/mol. The highest BCUT2D eigenvalue weighted by Gasteiger charge is 2.16. The SMILES string of the molecule is O=C(NCc1ccsc1)N[C@@H](c1ccccc1)c1ccncc1. The Morgan fingerprint density at radius 2 is 1.78 bits per heavy atom. The van der Waals surface area contributed by atoms with E-state index in [0.717, 1.165) is 16.7 Å². The maximum atomic E-state index is 12.3. The van der Waals surface area contributed by atoms with Crippen LogP contribution in [-0.4, -0.2) is 11.0 Å². The molecule has 3 rings (SSSR count). The normalized spacial score (nSPS) is 11.7. The van der Waals surface area contributed by atoms with Crippen molar-refractivity contribution in [2.45, 2.75) is 12.6 Å². The summed E-state index contributed by atoms with van der Waals surface area (Å²) >= 11 is 1.62. The number of hydrogen-bond donors (Lipinski definition) is 2. The van der Waals surface area contributed by atoms with Gasteiger partial charge in [0.1, 0.15) is 0 Å². The summed E-state index contributed by atoms with van der Waals surface area (Å²) < 4.78 is 0. The molecule has 0 aliphatic rings. The van der Waals surface area contributed by atoms with Crippen LogP contribution >= 0.6 is 11.3 Å². The van der Waals surface area contributed by atoms with Gasteiger partial charge in [0.25, 0.3) is 0 Å². The Balaban J connectivity index is 1.72. The van der Waals surface area contributed by atoms with Crippen LogP contribution in [0, 0.1) is 0 Å². The third kappa shape index (κ3) is 4.17. The van der Waals surface area contributed by atoms with Gasteiger partial charge in [0.05, 0.1) is 6.04 Å². The average Bonchev–Trinajstić information content (AvgIpc) is 3.13. The van der Waals surface area contributed by atoms with Gasteiger partial charge in [-0.25, -0.2) is 4.79 Å². The number of pyridine rings is 1. The summed E-state index contributed by atoms with van der Waals surface area (Å²) in [5, 5.41) is 9.96. The first-order valence-electron chi connectivity index (χ1n) is 7.33. The van der Waals surface area contributed by atoms with Gasteiger partial charge in [-0.3, -0.25) is 4.98 Å². The minimum atomic E-state index is -0.207. The molecule has 1 aromatic carbocycles. The minimum Gasteiger partial charge on any atom is -0.334 e. The summed E-state index contributed by atoms with van der Waals surface area (Å²) in [4.78, 5) is 16.3. The van der Waals surface area contributed by atoms with Crippen molar-refractivity contribution in [3.05, 3.63) is 88.4 Å². The van der Waals surface area contributed by atoms with Crippen LogP contribution in [0.3, 0.4) is 0 Å². The van der Waals surface area contributed by atoms with Crippen molar-refractivity contribution in [1.82, 2.24) is 15.6 Å². The predicted octanol–water partition coefficient (Wildman–Crippen LogP) is 3.73. The largest absolute Gasteiger partial charge is 0.334 e. The van der Waals surface area contributed by atoms with Crippen LogP contribution in [-0.2, 0) is 6.54 Å². The van der Waals surface area contributed by atoms with E-state index in [9.17, 15) is 4.79 Å². The molecular formula is C18H17N3OS. The van der Waals surface area contributed by atoms with Gasteiger partial charge < -0.3 is 10.6 Å². The zero-order chi connectivity index (χ0) is 15.9. The number of rotatable bonds is 5. The first kappa shape index (κ1) is 15.2. The van der Waals surface area contributed by atoms with E-state index in [1.54, 1.807) is 23.7 Å². The molecule has 4 nitrogen and oxygen atoms in total. The minimum absolute atomic E-state index is 0.193. The summed E-state index contributed by atoms with van der Waals surface area (Å²) in [7, 11) is 0. The second kappa shape index (κ2) is 7.56. The van der Waals surface area contributed by atoms with Crippen LogP contribution < -0.4 is 10.6 Å². The summed E-state index contributed by atoms with van der Waals surface area (Å²) in [5.41, 5.74) is 3.13. The Labute approximate surface area is 139 Å². The van der Waals surface area contributed by atoms with Crippen LogP contribution in [0.4, 0.5) is 4.79 Å². The van der Waals surface area contributed by atoms with Crippen molar-refractivity contribution in [3.63, 3.8) is 0 Å². The smallest absolute Gasteiger partial charge is 0.315 e. The van der Waals surface area contributed by atoms with Gasteiger partial charge in [0.15, 0.2) is 0 Å². The third-order valence-corrected chi connectivity index (χ3v) is 4.21. The van der Waals surface area contributed by atoms with Crippen molar-refractivity contribution >= 4 is 17.4 Å². The number of carbonyl (C=O) groups is 1. The Bertz CT molecular complexity index is 690. The molecule has 0 spiro atoms. The van der Waals surface area contributed by atoms with Crippen molar-refractivity contribution in [1.29, 1.82) is 0 Å². The zero-order valence-electron chi connectivity index (χ0n) is 12.5. The summed E-state index contributed by atoms with van der Waals surface area (Å²) in [5.74, 6) is 0. The zero-order valence-corrected chi connectivity index (χ0v) is 13.3. The number of hydrogen-bond acceptors (Lipinski definition) is 3. The maximum Gasteiger partial charge on any atom is 0.315 e. The predicted molar refractivity (Wildman–Crippen MR) is 92.2 cm³/mol. The fourth-order valence-corrected chi connectivity index (χ4v) is 2.99. The van der Waals surface area contributed by atoms with Crippen molar-refractivity contribution in [2.75, 3.05) is 0 Å². The lowest BCUT2D eigenvalue weighted by atomic mass is 10.00. The van der Waals surface area contributed by atoms with Gasteiger partial charge in [0, 0.05) is 18.9 Å². The molecule has 5 heteroatoms. The Morgan fingerprint density at radius 1 is 1.04 bits per heavy atom. The summed E-state index contributed by atoms with van der Waals surface area (Å²) in [6.07, 6.45) is 3.46. The molecule has 2 amide bonds. The Hall–Kier alpha value is -2.66. The molecule has 2 aromatic heterocycles. The van der Waals surface area contributed by atoms with E-state index in [4.69, 9.17) is 0 Å². The van der Waals surface area contributed by atoms with E-state index in [2.05, 4.69) is 15.6 Å². The molecule has 0 saturated carbocycles. The molecule has 0 aliphatic heterocycles. The van der Waals surface area contributed by atoms with Gasteiger partial charge in [-0.15, -0.1) is 0 Å². The van der Waals surface area contributed by atoms with E-state index in [0.29, 0.717) is 6.54 Å². The molecule has 2 N–H and O–H groups in total. The molecule has 0 bridgehead atoms. The monoisotopic (exact) mass is 323 g/mol. The number of amides is 2. The number of thiophene rings is 1. The third-order valence-electron chi connectivity index (χ3n) is 3.48. The van der Waals surface area contributed by atoms with Crippen LogP contribution in [0.15, 0.2) is 71.7 Å². The molecule has 2 heterocycles. The fourth-order valence-electron chi connectivity index (χ4n) is 2.32. The second-order valence-corrected chi connectivity index (χ2v) is 5.86. The molecule has 0 radical (unpaired) electrons. The molecule has 116 valence electrons. The number of carbonyl (C=O) groups excluding carboxylic acids is 1. The number of aromatic nitrogens is 1. The van der Waals surface area contributed by atoms with E-state index >= 15 is 0 Å². The second-order valence-electron chi connectivity index (χ2n) is 5.08. The number of nitrogens with zero attached hydrogens (tertiary/aromatic N) is 1. The van der Waals surface area contributed by atoms with Gasteiger partial charge in [-0.1, -0.05) is 30.3 Å². The Kier molecular flexibility index (Phi) is 5.01. The molecule has 1 atom stereocenters. The summed E-state index contributed by atoms with van der Waals surface area (Å²) in [6, 6.07) is 15.3. The van der Waals surface area contributed by atoms with Gasteiger partial charge in [-0.2, -0.15) is 11.3 Å². The van der Waals surface area contributed by atoms with E-state index in [-0.39, 0.29) is 12.1 Å². The number of nitrogens with one attached hydrogen (secondary N) is 2. The van der Waals surface area contributed by atoms with E-state index in [1.165, 1.54) is 0 Å². The molecule has 0 aliphatic carbocycles. The molecule has 0 saturated heterocycles. The Morgan fingerprint density at radius 3 is 2.48 bits per heavy atom. The van der Waals surface area contributed by atoms with E-state index in [1.807, 2.05) is 59.3 Å². The highest BCUT2D eigenvalue weighted by atomic mass is 32.1. The van der Waals surface area contributed by atoms with Gasteiger partial charge in [0.2, 0.25) is 0 Å². The number of urea groups is 1. The highest BCUT2D eigenvalue weighted by molar-refractivity contribution is 7.07. The molecule has 0 fully saturated rings. The molecule has 3 aromatic rings. The first-order valence-corrected chi connectivity index (χ1v) is 8.27. The highest BCUT2D eigenvalue weighted by Crippen LogP contribution is 2.21. The van der Waals surface area contributed by atoms with Crippen LogP contribution in [0.2, 0.25) is 0 Å². The summed E-state index contributed by atoms with van der Waals surface area (Å²) in [6.45, 7) is 0.521. The fraction of sp³-hybridized carbons (Fsp3) is 0.111. The quantitative estimate of drug-likeness (QED) is 0.751. The molecule has 23 heavy (non-hydrogen) atoms. The van der Waals surface area contributed by atoms with Crippen LogP contribution in [0.1, 0.15) is 22.7 Å². The van der Waals surface area contributed by atoms with Crippen LogP contribution in [0.25, 0.3) is 0 Å². The van der Waals surface area contributed by atoms with Gasteiger partial charge >= 0.3 is 6.03 Å². The lowest BCUT2D eigenvalue weighted by molar-refractivity contribution is 0.238. The van der Waals surface area contributed by atoms with Crippen molar-refractivity contribution < 1.29 is 4.79 Å². The first-order chi connectivity index (χ1) is 11.3. The molecule has 0 unspecified atom stereocenters.